The van der Waals surface area contributed by atoms with Crippen LogP contribution in [0.2, 0.25) is 0 Å². The highest BCUT2D eigenvalue weighted by Gasteiger charge is 2.43. The number of alkyl halides is 3. The summed E-state index contributed by atoms with van der Waals surface area (Å²) >= 11 is 0. The van der Waals surface area contributed by atoms with Gasteiger partial charge in [-0.15, -0.1) is 0 Å². The molecule has 0 spiro atoms. The van der Waals surface area contributed by atoms with Gasteiger partial charge in [0.2, 0.25) is 0 Å². The smallest absolute Gasteiger partial charge is 0.318 e. The van der Waals surface area contributed by atoms with Gasteiger partial charge in [0.1, 0.15) is 0 Å². The Morgan fingerprint density at radius 3 is 2.47 bits per heavy atom. The summed E-state index contributed by atoms with van der Waals surface area (Å²) in [5.41, 5.74) is 0. The third kappa shape index (κ3) is 5.67. The first-order valence-electron chi connectivity index (χ1n) is 7.03. The minimum Gasteiger partial charge on any atom is -0.318 e. The van der Waals surface area contributed by atoms with Crippen LogP contribution in [0, 0.1) is 5.92 Å². The molecule has 2 unspecified atom stereocenters. The number of nitrogens with zero attached hydrogens (tertiary/aromatic N) is 1. The van der Waals surface area contributed by atoms with Gasteiger partial charge >= 0.3 is 6.18 Å². The molecule has 0 aromatic heterocycles. The summed E-state index contributed by atoms with van der Waals surface area (Å²) in [4.78, 5) is 2.30. The predicted octanol–water partition coefficient (Wildman–Crippen LogP) is 1.85. The zero-order chi connectivity index (χ0) is 14.5. The van der Waals surface area contributed by atoms with Crippen LogP contribution in [0.15, 0.2) is 0 Å². The summed E-state index contributed by atoms with van der Waals surface area (Å²) in [5, 5.41) is 6.10. The number of hydrogen-bond donors (Lipinski definition) is 2. The van der Waals surface area contributed by atoms with Crippen LogP contribution in [-0.2, 0) is 0 Å². The van der Waals surface area contributed by atoms with Gasteiger partial charge < -0.3 is 10.6 Å². The van der Waals surface area contributed by atoms with Crippen molar-refractivity contribution < 1.29 is 13.2 Å². The largest absolute Gasteiger partial charge is 0.393 e. The molecule has 2 N–H and O–H groups in total. The molecule has 0 amide bonds. The molecule has 3 nitrogen and oxygen atoms in total. The maximum Gasteiger partial charge on any atom is 0.393 e. The number of nitrogens with one attached hydrogen (secondary N) is 2. The quantitative estimate of drug-likeness (QED) is 0.746. The third-order valence-corrected chi connectivity index (χ3v) is 3.83. The van der Waals surface area contributed by atoms with Crippen LogP contribution < -0.4 is 10.6 Å². The lowest BCUT2D eigenvalue weighted by molar-refractivity contribution is -0.169. The van der Waals surface area contributed by atoms with E-state index >= 15 is 0 Å². The second-order valence-corrected chi connectivity index (χ2v) is 5.60. The lowest BCUT2D eigenvalue weighted by Crippen LogP contribution is -2.39. The van der Waals surface area contributed by atoms with E-state index in [2.05, 4.69) is 29.4 Å². The van der Waals surface area contributed by atoms with Crippen molar-refractivity contribution in [3.63, 3.8) is 0 Å². The van der Waals surface area contributed by atoms with Crippen LogP contribution in [0.25, 0.3) is 0 Å². The molecule has 114 valence electrons. The van der Waals surface area contributed by atoms with Crippen molar-refractivity contribution in [3.8, 4) is 0 Å². The SMILES string of the molecule is CNCCN(CCC1CC(C(F)(F)F)CN1)C(C)C. The van der Waals surface area contributed by atoms with Gasteiger partial charge in [-0.1, -0.05) is 0 Å². The van der Waals surface area contributed by atoms with Gasteiger partial charge in [0.25, 0.3) is 0 Å². The van der Waals surface area contributed by atoms with E-state index in [9.17, 15) is 13.2 Å². The van der Waals surface area contributed by atoms with E-state index in [1.165, 1.54) is 0 Å². The number of rotatable bonds is 7. The average Bonchev–Trinajstić information content (AvgIpc) is 2.77. The number of halogens is 3. The molecule has 19 heavy (non-hydrogen) atoms. The number of hydrogen-bond acceptors (Lipinski definition) is 3. The molecule has 1 aliphatic heterocycles. The molecule has 1 fully saturated rings. The van der Waals surface area contributed by atoms with Crippen LogP contribution >= 0.6 is 0 Å². The summed E-state index contributed by atoms with van der Waals surface area (Å²) < 4.78 is 37.7. The second kappa shape index (κ2) is 7.45. The summed E-state index contributed by atoms with van der Waals surface area (Å²) in [6.45, 7) is 7.01. The lowest BCUT2D eigenvalue weighted by atomic mass is 10.0. The maximum absolute atomic E-state index is 12.6. The average molecular weight is 281 g/mol. The van der Waals surface area contributed by atoms with Gasteiger partial charge in [-0.2, -0.15) is 13.2 Å². The van der Waals surface area contributed by atoms with Gasteiger partial charge in [0.05, 0.1) is 5.92 Å². The molecule has 0 bridgehead atoms. The van der Waals surface area contributed by atoms with Crippen LogP contribution in [0.1, 0.15) is 26.7 Å². The number of likely N-dealkylation sites (N-methyl/N-ethyl adjacent to an activating group) is 1. The van der Waals surface area contributed by atoms with Crippen molar-refractivity contribution >= 4 is 0 Å². The van der Waals surface area contributed by atoms with Gasteiger partial charge in [0, 0.05) is 31.7 Å². The molecule has 1 rings (SSSR count). The third-order valence-electron chi connectivity index (χ3n) is 3.83. The standard InChI is InChI=1S/C13H26F3N3/c1-10(2)19(7-5-17-3)6-4-12-8-11(9-18-12)13(14,15)16/h10-12,17-18H,4-9H2,1-3H3. The molecule has 1 saturated heterocycles. The van der Waals surface area contributed by atoms with E-state index in [1.807, 2.05) is 7.05 Å². The van der Waals surface area contributed by atoms with E-state index in [4.69, 9.17) is 0 Å². The molecule has 1 heterocycles. The van der Waals surface area contributed by atoms with E-state index < -0.39 is 12.1 Å². The molecule has 2 atom stereocenters. The molecule has 0 aliphatic carbocycles. The summed E-state index contributed by atoms with van der Waals surface area (Å²) in [7, 11) is 1.91. The van der Waals surface area contributed by atoms with Crippen LogP contribution in [0.5, 0.6) is 0 Å². The predicted molar refractivity (Wildman–Crippen MR) is 71.2 cm³/mol. The highest BCUT2D eigenvalue weighted by molar-refractivity contribution is 4.86. The van der Waals surface area contributed by atoms with Crippen LogP contribution in [0.4, 0.5) is 13.2 Å². The Hall–Kier alpha value is -0.330. The first-order chi connectivity index (χ1) is 8.84. The summed E-state index contributed by atoms with van der Waals surface area (Å²) in [5.74, 6) is -1.16. The normalized spacial score (nSPS) is 24.6. The zero-order valence-electron chi connectivity index (χ0n) is 12.1. The topological polar surface area (TPSA) is 27.3 Å². The highest BCUT2D eigenvalue weighted by atomic mass is 19.4. The van der Waals surface area contributed by atoms with Gasteiger partial charge in [0.15, 0.2) is 0 Å². The molecule has 0 aromatic carbocycles. The van der Waals surface area contributed by atoms with Crippen molar-refractivity contribution in [1.82, 2.24) is 15.5 Å². The second-order valence-electron chi connectivity index (χ2n) is 5.60. The van der Waals surface area contributed by atoms with Gasteiger partial charge in [-0.3, -0.25) is 4.90 Å². The molecule has 0 saturated carbocycles. The molecule has 1 aliphatic rings. The fourth-order valence-electron chi connectivity index (χ4n) is 2.49. The van der Waals surface area contributed by atoms with Crippen molar-refractivity contribution in [2.75, 3.05) is 33.2 Å². The highest BCUT2D eigenvalue weighted by Crippen LogP contribution is 2.33. The van der Waals surface area contributed by atoms with Gasteiger partial charge in [-0.25, -0.2) is 0 Å². The Kier molecular flexibility index (Phi) is 6.56. The first-order valence-corrected chi connectivity index (χ1v) is 7.03. The molecule has 0 radical (unpaired) electrons. The van der Waals surface area contributed by atoms with E-state index in [-0.39, 0.29) is 19.0 Å². The van der Waals surface area contributed by atoms with Crippen LogP contribution in [-0.4, -0.2) is 56.4 Å². The van der Waals surface area contributed by atoms with Crippen molar-refractivity contribution in [2.24, 2.45) is 5.92 Å². The summed E-state index contributed by atoms with van der Waals surface area (Å²) in [6.07, 6.45) is -3.04. The monoisotopic (exact) mass is 281 g/mol. The Balaban J connectivity index is 2.32. The first kappa shape index (κ1) is 16.7. The van der Waals surface area contributed by atoms with E-state index in [1.54, 1.807) is 0 Å². The minimum atomic E-state index is -4.05. The maximum atomic E-state index is 12.6. The fourth-order valence-corrected chi connectivity index (χ4v) is 2.49. The summed E-state index contributed by atoms with van der Waals surface area (Å²) in [6, 6.07) is 0.427. The van der Waals surface area contributed by atoms with E-state index in [0.717, 1.165) is 26.1 Å². The van der Waals surface area contributed by atoms with Crippen LogP contribution in [0.3, 0.4) is 0 Å². The Morgan fingerprint density at radius 2 is 2.00 bits per heavy atom. The lowest BCUT2D eigenvalue weighted by Gasteiger charge is -2.27. The van der Waals surface area contributed by atoms with Crippen molar-refractivity contribution in [3.05, 3.63) is 0 Å². The molecule has 6 heteroatoms. The van der Waals surface area contributed by atoms with Crippen molar-refractivity contribution in [1.29, 1.82) is 0 Å². The zero-order valence-corrected chi connectivity index (χ0v) is 12.1. The minimum absolute atomic E-state index is 0.00228. The molecular weight excluding hydrogens is 255 g/mol. The Morgan fingerprint density at radius 1 is 1.32 bits per heavy atom. The molecule has 0 aromatic rings. The Labute approximate surface area is 113 Å². The van der Waals surface area contributed by atoms with Crippen molar-refractivity contribution in [2.45, 2.75) is 44.9 Å². The van der Waals surface area contributed by atoms with E-state index in [0.29, 0.717) is 6.04 Å². The fraction of sp³-hybridized carbons (Fsp3) is 1.00. The molecular formula is C13H26F3N3. The Bertz CT molecular complexity index is 256. The van der Waals surface area contributed by atoms with Gasteiger partial charge in [-0.05, 0) is 40.3 Å².